The molecule has 1 saturated heterocycles. The van der Waals surface area contributed by atoms with Crippen molar-refractivity contribution < 1.29 is 34.3 Å². The number of hydrogen-bond donors (Lipinski definition) is 3. The Kier molecular flexibility index (Phi) is 5.98. The van der Waals surface area contributed by atoms with Crippen LogP contribution in [-0.2, 0) is 15.9 Å². The molecule has 0 aliphatic carbocycles. The summed E-state index contributed by atoms with van der Waals surface area (Å²) < 4.78 is 22.3. The smallest absolute Gasteiger partial charge is 0.160 e. The number of aliphatic hydroxyl groups excluding tert-OH is 1. The highest BCUT2D eigenvalue weighted by molar-refractivity contribution is 5.44. The van der Waals surface area contributed by atoms with Gasteiger partial charge in [-0.05, 0) is 35.4 Å². The summed E-state index contributed by atoms with van der Waals surface area (Å²) in [4.78, 5) is 0. The van der Waals surface area contributed by atoms with Crippen molar-refractivity contribution in [2.45, 2.75) is 18.1 Å². The average molecular weight is 390 g/mol. The van der Waals surface area contributed by atoms with Gasteiger partial charge in [0, 0.05) is 19.4 Å². The third kappa shape index (κ3) is 3.61. The Labute approximate surface area is 164 Å². The lowest BCUT2D eigenvalue weighted by Gasteiger charge is -2.33. The lowest BCUT2D eigenvalue weighted by atomic mass is 9.80. The normalized spacial score (nSPS) is 24.3. The second kappa shape index (κ2) is 8.26. The van der Waals surface area contributed by atoms with E-state index in [9.17, 15) is 15.3 Å². The van der Waals surface area contributed by atoms with Gasteiger partial charge in [-0.15, -0.1) is 0 Å². The highest BCUT2D eigenvalue weighted by Gasteiger charge is 2.50. The summed E-state index contributed by atoms with van der Waals surface area (Å²) in [6.45, 7) is 0.142. The number of rotatable bonds is 7. The maximum atomic E-state index is 10.2. The van der Waals surface area contributed by atoms with Gasteiger partial charge in [0.25, 0.3) is 0 Å². The fourth-order valence-corrected chi connectivity index (χ4v) is 3.83. The van der Waals surface area contributed by atoms with E-state index >= 15 is 0 Å². The molecule has 3 rings (SSSR count). The minimum absolute atomic E-state index is 0.0407. The zero-order valence-electron chi connectivity index (χ0n) is 16.2. The largest absolute Gasteiger partial charge is 0.504 e. The van der Waals surface area contributed by atoms with Gasteiger partial charge >= 0.3 is 0 Å². The van der Waals surface area contributed by atoms with E-state index in [0.717, 1.165) is 11.1 Å². The van der Waals surface area contributed by atoms with E-state index in [1.54, 1.807) is 43.5 Å². The molecule has 2 aromatic rings. The zero-order valence-corrected chi connectivity index (χ0v) is 16.2. The van der Waals surface area contributed by atoms with Crippen molar-refractivity contribution >= 4 is 0 Å². The highest BCUT2D eigenvalue weighted by Crippen LogP contribution is 2.46. The molecule has 0 saturated carbocycles. The summed E-state index contributed by atoms with van der Waals surface area (Å²) in [7, 11) is 4.58. The number of methoxy groups -OCH3 is 3. The van der Waals surface area contributed by atoms with Gasteiger partial charge in [-0.1, -0.05) is 12.1 Å². The summed E-state index contributed by atoms with van der Waals surface area (Å²) in [5, 5.41) is 29.8. The number of ether oxygens (including phenoxy) is 4. The molecule has 7 nitrogen and oxygen atoms in total. The summed E-state index contributed by atoms with van der Waals surface area (Å²) in [6.07, 6.45) is 0.0512. The molecule has 0 unspecified atom stereocenters. The number of aromatic hydroxyl groups is 2. The van der Waals surface area contributed by atoms with Crippen molar-refractivity contribution in [2.24, 2.45) is 5.92 Å². The first kappa shape index (κ1) is 20.3. The minimum Gasteiger partial charge on any atom is -0.504 e. The van der Waals surface area contributed by atoms with Crippen LogP contribution in [0.1, 0.15) is 17.2 Å². The SMILES string of the molecule is COc1cc(C[C@@]2(OC)CO[C@H](c3ccc(O)c(OC)c3)[C@H]2CO)ccc1O. The van der Waals surface area contributed by atoms with Gasteiger partial charge in [0.2, 0.25) is 0 Å². The van der Waals surface area contributed by atoms with Crippen LogP contribution >= 0.6 is 0 Å². The molecule has 1 fully saturated rings. The fraction of sp³-hybridized carbons (Fsp3) is 0.429. The van der Waals surface area contributed by atoms with Crippen LogP contribution in [0.25, 0.3) is 0 Å². The van der Waals surface area contributed by atoms with Gasteiger partial charge in [-0.2, -0.15) is 0 Å². The van der Waals surface area contributed by atoms with E-state index in [1.165, 1.54) is 14.2 Å². The first-order chi connectivity index (χ1) is 13.5. The second-order valence-electron chi connectivity index (χ2n) is 6.90. The minimum atomic E-state index is -0.757. The first-order valence-electron chi connectivity index (χ1n) is 8.98. The number of phenols is 2. The zero-order chi connectivity index (χ0) is 20.3. The molecule has 2 aromatic carbocycles. The maximum absolute atomic E-state index is 10.2. The van der Waals surface area contributed by atoms with E-state index < -0.39 is 11.7 Å². The van der Waals surface area contributed by atoms with Gasteiger partial charge < -0.3 is 34.3 Å². The lowest BCUT2D eigenvalue weighted by Crippen LogP contribution is -2.43. The lowest BCUT2D eigenvalue weighted by molar-refractivity contribution is -0.0532. The standard InChI is InChI=1S/C21H26O7/c1-25-18-8-13(4-6-16(18)23)10-21(27-3)12-28-20(15(21)11-22)14-5-7-17(24)19(9-14)26-2/h4-9,15,20,22-24H,10-12H2,1-3H3/t15-,20-,21-/m1/s1. The second-order valence-corrected chi connectivity index (χ2v) is 6.90. The van der Waals surface area contributed by atoms with Gasteiger partial charge in [-0.3, -0.25) is 0 Å². The fourth-order valence-electron chi connectivity index (χ4n) is 3.83. The van der Waals surface area contributed by atoms with Crippen LogP contribution in [0, 0.1) is 5.92 Å². The molecule has 1 aliphatic heterocycles. The molecule has 28 heavy (non-hydrogen) atoms. The van der Waals surface area contributed by atoms with Crippen LogP contribution in [0.2, 0.25) is 0 Å². The van der Waals surface area contributed by atoms with Crippen molar-refractivity contribution in [2.75, 3.05) is 34.5 Å². The van der Waals surface area contributed by atoms with Crippen LogP contribution in [0.3, 0.4) is 0 Å². The Morgan fingerprint density at radius 1 is 1.00 bits per heavy atom. The average Bonchev–Trinajstić information content (AvgIpc) is 3.08. The van der Waals surface area contributed by atoms with Crippen LogP contribution in [0.4, 0.5) is 0 Å². The van der Waals surface area contributed by atoms with Crippen LogP contribution in [-0.4, -0.2) is 55.5 Å². The third-order valence-corrected chi connectivity index (χ3v) is 5.43. The molecular formula is C21H26O7. The summed E-state index contributed by atoms with van der Waals surface area (Å²) in [6, 6.07) is 10.1. The van der Waals surface area contributed by atoms with Gasteiger partial charge in [0.15, 0.2) is 23.0 Å². The van der Waals surface area contributed by atoms with Crippen molar-refractivity contribution in [3.63, 3.8) is 0 Å². The van der Waals surface area contributed by atoms with Crippen molar-refractivity contribution in [3.8, 4) is 23.0 Å². The number of hydrogen-bond acceptors (Lipinski definition) is 7. The maximum Gasteiger partial charge on any atom is 0.160 e. The van der Waals surface area contributed by atoms with E-state index in [4.69, 9.17) is 18.9 Å². The highest BCUT2D eigenvalue weighted by atomic mass is 16.6. The summed E-state index contributed by atoms with van der Waals surface area (Å²) >= 11 is 0. The molecule has 0 aromatic heterocycles. The van der Waals surface area contributed by atoms with Crippen molar-refractivity contribution in [3.05, 3.63) is 47.5 Å². The Balaban J connectivity index is 1.91. The van der Waals surface area contributed by atoms with Gasteiger partial charge in [0.1, 0.15) is 5.60 Å². The molecule has 1 aliphatic rings. The van der Waals surface area contributed by atoms with E-state index in [-0.39, 0.29) is 30.6 Å². The van der Waals surface area contributed by atoms with E-state index in [0.29, 0.717) is 17.9 Å². The van der Waals surface area contributed by atoms with Gasteiger partial charge in [-0.25, -0.2) is 0 Å². The third-order valence-electron chi connectivity index (χ3n) is 5.43. The topological polar surface area (TPSA) is 97.6 Å². The predicted octanol–water partition coefficient (Wildman–Crippen LogP) is 2.42. The molecule has 3 N–H and O–H groups in total. The summed E-state index contributed by atoms with van der Waals surface area (Å²) in [5.41, 5.74) is 0.922. The predicted molar refractivity (Wildman–Crippen MR) is 102 cm³/mol. The van der Waals surface area contributed by atoms with Crippen molar-refractivity contribution in [1.82, 2.24) is 0 Å². The number of benzene rings is 2. The molecule has 0 radical (unpaired) electrons. The Hall–Kier alpha value is -2.48. The number of aliphatic hydroxyl groups is 1. The molecule has 0 bridgehead atoms. The van der Waals surface area contributed by atoms with Crippen LogP contribution in [0.5, 0.6) is 23.0 Å². The molecule has 1 heterocycles. The van der Waals surface area contributed by atoms with Crippen LogP contribution in [0.15, 0.2) is 36.4 Å². The summed E-state index contributed by atoms with van der Waals surface area (Å²) in [5.74, 6) is 0.484. The number of phenolic OH excluding ortho intramolecular Hbond substituents is 2. The molecule has 152 valence electrons. The Morgan fingerprint density at radius 3 is 2.25 bits per heavy atom. The van der Waals surface area contributed by atoms with E-state index in [2.05, 4.69) is 0 Å². The molecule has 0 amide bonds. The van der Waals surface area contributed by atoms with Crippen LogP contribution < -0.4 is 9.47 Å². The molecule has 7 heteroatoms. The Morgan fingerprint density at radius 2 is 1.64 bits per heavy atom. The molecule has 3 atom stereocenters. The Bertz CT molecular complexity index is 822. The van der Waals surface area contributed by atoms with E-state index in [1.807, 2.05) is 0 Å². The first-order valence-corrected chi connectivity index (χ1v) is 8.98. The van der Waals surface area contributed by atoms with Crippen molar-refractivity contribution in [1.29, 1.82) is 0 Å². The molecule has 0 spiro atoms. The monoisotopic (exact) mass is 390 g/mol. The quantitative estimate of drug-likeness (QED) is 0.668. The molecular weight excluding hydrogens is 364 g/mol. The van der Waals surface area contributed by atoms with Gasteiger partial charge in [0.05, 0.1) is 33.5 Å².